The molecular formula is C17H23N5OS. The molecule has 3 heterocycles. The van der Waals surface area contributed by atoms with E-state index in [1.165, 1.54) is 37.6 Å². The molecule has 1 aliphatic heterocycles. The zero-order valence-electron chi connectivity index (χ0n) is 14.4. The number of carbonyl (C=O) groups is 1. The van der Waals surface area contributed by atoms with Gasteiger partial charge in [-0.1, -0.05) is 11.3 Å². The second-order valence-corrected chi connectivity index (χ2v) is 7.48. The first kappa shape index (κ1) is 17.0. The van der Waals surface area contributed by atoms with Gasteiger partial charge < -0.3 is 10.2 Å². The first-order valence-electron chi connectivity index (χ1n) is 8.26. The number of aryl methyl sites for hydroxylation is 1. The number of piperidine rings is 1. The molecule has 2 aromatic rings. The summed E-state index contributed by atoms with van der Waals surface area (Å²) in [6.45, 7) is 5.73. The van der Waals surface area contributed by atoms with Crippen LogP contribution < -0.4 is 5.32 Å². The highest BCUT2D eigenvalue weighted by Crippen LogP contribution is 2.31. The lowest BCUT2D eigenvalue weighted by atomic mass is 9.94. The summed E-state index contributed by atoms with van der Waals surface area (Å²) >= 11 is 1.44. The van der Waals surface area contributed by atoms with Gasteiger partial charge in [-0.15, -0.1) is 0 Å². The van der Waals surface area contributed by atoms with Crippen molar-refractivity contribution < 1.29 is 4.79 Å². The average Bonchev–Trinajstić information content (AvgIpc) is 2.87. The number of nitrogens with zero attached hydrogens (tertiary/aromatic N) is 4. The summed E-state index contributed by atoms with van der Waals surface area (Å²) in [5, 5.41) is 3.34. The molecule has 1 unspecified atom stereocenters. The van der Waals surface area contributed by atoms with E-state index in [0.717, 1.165) is 34.9 Å². The van der Waals surface area contributed by atoms with Crippen molar-refractivity contribution in [3.8, 4) is 10.6 Å². The fourth-order valence-corrected chi connectivity index (χ4v) is 4.15. The van der Waals surface area contributed by atoms with E-state index in [9.17, 15) is 4.79 Å². The Labute approximate surface area is 146 Å². The number of likely N-dealkylation sites (tertiary alicyclic amines) is 1. The Kier molecular flexibility index (Phi) is 5.20. The topological polar surface area (TPSA) is 71.0 Å². The largest absolute Gasteiger partial charge is 0.306 e. The predicted octanol–water partition coefficient (Wildman–Crippen LogP) is 2.75. The van der Waals surface area contributed by atoms with Crippen LogP contribution in [0.25, 0.3) is 10.6 Å². The van der Waals surface area contributed by atoms with Crippen molar-refractivity contribution in [2.45, 2.75) is 33.1 Å². The second kappa shape index (κ2) is 7.36. The molecule has 6 nitrogen and oxygen atoms in total. The summed E-state index contributed by atoms with van der Waals surface area (Å²) in [4.78, 5) is 28.1. The van der Waals surface area contributed by atoms with Gasteiger partial charge in [0.25, 0.3) is 0 Å². The molecule has 1 aliphatic rings. The lowest BCUT2D eigenvalue weighted by Crippen LogP contribution is -2.33. The summed E-state index contributed by atoms with van der Waals surface area (Å²) in [6.07, 6.45) is 7.10. The van der Waals surface area contributed by atoms with Gasteiger partial charge >= 0.3 is 0 Å². The summed E-state index contributed by atoms with van der Waals surface area (Å²) < 4.78 is 0. The Bertz CT molecular complexity index is 730. The van der Waals surface area contributed by atoms with Crippen LogP contribution in [0.1, 0.15) is 31.2 Å². The molecule has 0 radical (unpaired) electrons. The van der Waals surface area contributed by atoms with Crippen molar-refractivity contribution in [2.75, 3.05) is 25.5 Å². The number of anilines is 1. The lowest BCUT2D eigenvalue weighted by molar-refractivity contribution is -0.114. The van der Waals surface area contributed by atoms with Crippen molar-refractivity contribution >= 4 is 22.4 Å². The van der Waals surface area contributed by atoms with E-state index >= 15 is 0 Å². The van der Waals surface area contributed by atoms with Gasteiger partial charge in [0, 0.05) is 19.7 Å². The highest BCUT2D eigenvalue weighted by molar-refractivity contribution is 7.19. The standard InChI is InChI=1S/C17H23N5OS/c1-11-16(24-17(19-11)20-12(2)23)15-9-18-8-14(21-15)7-13-5-4-6-22(3)10-13/h8-9,13H,4-7,10H2,1-3H3,(H,19,20,23). The normalized spacial score (nSPS) is 18.5. The van der Waals surface area contributed by atoms with Crippen LogP contribution in [0.15, 0.2) is 12.4 Å². The van der Waals surface area contributed by atoms with Crippen molar-refractivity contribution in [1.82, 2.24) is 19.9 Å². The van der Waals surface area contributed by atoms with E-state index in [1.807, 2.05) is 13.1 Å². The third-order valence-corrected chi connectivity index (χ3v) is 5.31. The first-order valence-corrected chi connectivity index (χ1v) is 9.08. The zero-order valence-corrected chi connectivity index (χ0v) is 15.2. The van der Waals surface area contributed by atoms with Gasteiger partial charge in [0.05, 0.1) is 22.5 Å². The molecule has 1 amide bonds. The molecule has 1 saturated heterocycles. The maximum Gasteiger partial charge on any atom is 0.223 e. The molecule has 0 spiro atoms. The third-order valence-electron chi connectivity index (χ3n) is 4.22. The Morgan fingerprint density at radius 1 is 1.42 bits per heavy atom. The molecule has 7 heteroatoms. The summed E-state index contributed by atoms with van der Waals surface area (Å²) in [6, 6.07) is 0. The van der Waals surface area contributed by atoms with Gasteiger partial charge in [-0.05, 0) is 45.7 Å². The van der Waals surface area contributed by atoms with Gasteiger partial charge in [0.15, 0.2) is 5.13 Å². The van der Waals surface area contributed by atoms with Crippen LogP contribution in [0.5, 0.6) is 0 Å². The van der Waals surface area contributed by atoms with Crippen LogP contribution >= 0.6 is 11.3 Å². The Morgan fingerprint density at radius 3 is 3.00 bits per heavy atom. The molecule has 1 N–H and O–H groups in total. The van der Waals surface area contributed by atoms with Crippen LogP contribution in [0.3, 0.4) is 0 Å². The van der Waals surface area contributed by atoms with E-state index in [-0.39, 0.29) is 5.91 Å². The minimum absolute atomic E-state index is 0.114. The van der Waals surface area contributed by atoms with Crippen LogP contribution in [0.4, 0.5) is 5.13 Å². The Morgan fingerprint density at radius 2 is 2.25 bits per heavy atom. The molecule has 3 rings (SSSR count). The predicted molar refractivity (Wildman–Crippen MR) is 96.1 cm³/mol. The van der Waals surface area contributed by atoms with Gasteiger partial charge in [-0.2, -0.15) is 0 Å². The molecule has 0 bridgehead atoms. The van der Waals surface area contributed by atoms with Gasteiger partial charge in [0.2, 0.25) is 5.91 Å². The zero-order chi connectivity index (χ0) is 17.1. The highest BCUT2D eigenvalue weighted by atomic mass is 32.1. The molecule has 1 atom stereocenters. The number of nitrogens with one attached hydrogen (secondary N) is 1. The van der Waals surface area contributed by atoms with E-state index in [4.69, 9.17) is 4.98 Å². The summed E-state index contributed by atoms with van der Waals surface area (Å²) in [7, 11) is 2.18. The van der Waals surface area contributed by atoms with Gasteiger partial charge in [0.1, 0.15) is 5.69 Å². The molecule has 0 aromatic carbocycles. The summed E-state index contributed by atoms with van der Waals surface area (Å²) in [5.74, 6) is 0.530. The maximum atomic E-state index is 11.2. The Hall–Kier alpha value is -1.86. The van der Waals surface area contributed by atoms with Crippen molar-refractivity contribution in [2.24, 2.45) is 5.92 Å². The van der Waals surface area contributed by atoms with E-state index in [2.05, 4.69) is 27.2 Å². The van der Waals surface area contributed by atoms with E-state index < -0.39 is 0 Å². The fourth-order valence-electron chi connectivity index (χ4n) is 3.19. The van der Waals surface area contributed by atoms with Crippen molar-refractivity contribution in [3.63, 3.8) is 0 Å². The molecule has 2 aromatic heterocycles. The van der Waals surface area contributed by atoms with E-state index in [0.29, 0.717) is 11.0 Å². The smallest absolute Gasteiger partial charge is 0.223 e. The molecule has 128 valence electrons. The quantitative estimate of drug-likeness (QED) is 0.922. The molecule has 1 fully saturated rings. The number of hydrogen-bond acceptors (Lipinski definition) is 6. The third kappa shape index (κ3) is 4.15. The number of aromatic nitrogens is 3. The Balaban J connectivity index is 1.77. The highest BCUT2D eigenvalue weighted by Gasteiger charge is 2.19. The molecular weight excluding hydrogens is 322 g/mol. The molecule has 0 aliphatic carbocycles. The van der Waals surface area contributed by atoms with Crippen molar-refractivity contribution in [3.05, 3.63) is 23.8 Å². The number of amides is 1. The average molecular weight is 345 g/mol. The monoisotopic (exact) mass is 345 g/mol. The summed E-state index contributed by atoms with van der Waals surface area (Å²) in [5.41, 5.74) is 2.73. The first-order chi connectivity index (χ1) is 11.5. The SMILES string of the molecule is CC(=O)Nc1nc(C)c(-c2cncc(CC3CCCN(C)C3)n2)s1. The van der Waals surface area contributed by atoms with E-state index in [1.54, 1.807) is 6.20 Å². The number of thiazole rings is 1. The molecule has 24 heavy (non-hydrogen) atoms. The van der Waals surface area contributed by atoms with Crippen LogP contribution in [-0.2, 0) is 11.2 Å². The van der Waals surface area contributed by atoms with Gasteiger partial charge in [-0.25, -0.2) is 9.97 Å². The van der Waals surface area contributed by atoms with Gasteiger partial charge in [-0.3, -0.25) is 9.78 Å². The molecule has 0 saturated carbocycles. The number of hydrogen-bond donors (Lipinski definition) is 1. The minimum Gasteiger partial charge on any atom is -0.306 e. The van der Waals surface area contributed by atoms with Crippen LogP contribution in [0.2, 0.25) is 0 Å². The minimum atomic E-state index is -0.114. The van der Waals surface area contributed by atoms with Crippen molar-refractivity contribution in [1.29, 1.82) is 0 Å². The van der Waals surface area contributed by atoms with Crippen LogP contribution in [0, 0.1) is 12.8 Å². The second-order valence-electron chi connectivity index (χ2n) is 6.49. The maximum absolute atomic E-state index is 11.2. The fraction of sp³-hybridized carbons (Fsp3) is 0.529. The number of carbonyl (C=O) groups excluding carboxylic acids is 1. The van der Waals surface area contributed by atoms with Crippen LogP contribution in [-0.4, -0.2) is 45.9 Å². The lowest BCUT2D eigenvalue weighted by Gasteiger charge is -2.29. The number of rotatable bonds is 4.